The monoisotopic (exact) mass is 313 g/mol. The minimum Gasteiger partial charge on any atom is -0.453 e. The topological polar surface area (TPSA) is 13.6 Å². The molecular formula is C20H11NOS. The van der Waals surface area contributed by atoms with Crippen LogP contribution in [0.3, 0.4) is 0 Å². The van der Waals surface area contributed by atoms with Crippen molar-refractivity contribution in [2.24, 2.45) is 0 Å². The zero-order valence-electron chi connectivity index (χ0n) is 12.1. The standard InChI is InChI=1S/C20H11NOS/c1-2-7-13-12(6-1)14-8-5-9-15-19-20(18(13)21(14)15)23-17-11-4-3-10-16(17)22-19/h1-11H. The van der Waals surface area contributed by atoms with Crippen molar-refractivity contribution in [3.63, 3.8) is 0 Å². The SMILES string of the molecule is c1ccc2c(c1)Oc1c(c3c4ccccc4c4cccc1n43)S2. The lowest BCUT2D eigenvalue weighted by Gasteiger charge is -2.16. The highest BCUT2D eigenvalue weighted by molar-refractivity contribution is 7.99. The molecule has 0 saturated carbocycles. The molecule has 0 aliphatic carbocycles. The van der Waals surface area contributed by atoms with Gasteiger partial charge in [-0.3, -0.25) is 0 Å². The lowest BCUT2D eigenvalue weighted by molar-refractivity contribution is 0.462. The second-order valence-corrected chi connectivity index (χ2v) is 6.89. The maximum absolute atomic E-state index is 6.27. The summed E-state index contributed by atoms with van der Waals surface area (Å²) in [7, 11) is 0. The molecular weight excluding hydrogens is 302 g/mol. The van der Waals surface area contributed by atoms with Gasteiger partial charge in [0, 0.05) is 10.8 Å². The summed E-state index contributed by atoms with van der Waals surface area (Å²) in [5.74, 6) is 1.93. The molecule has 6 rings (SSSR count). The van der Waals surface area contributed by atoms with E-state index in [1.807, 2.05) is 23.9 Å². The highest BCUT2D eigenvalue weighted by Gasteiger charge is 2.27. The fourth-order valence-electron chi connectivity index (χ4n) is 3.65. The molecule has 0 N–H and O–H groups in total. The van der Waals surface area contributed by atoms with Gasteiger partial charge in [0.05, 0.1) is 26.3 Å². The van der Waals surface area contributed by atoms with Gasteiger partial charge in [-0.25, -0.2) is 0 Å². The van der Waals surface area contributed by atoms with E-state index in [-0.39, 0.29) is 0 Å². The van der Waals surface area contributed by atoms with E-state index in [2.05, 4.69) is 59.0 Å². The molecule has 0 radical (unpaired) electrons. The summed E-state index contributed by atoms with van der Waals surface area (Å²) < 4.78 is 8.62. The Morgan fingerprint density at radius 1 is 0.739 bits per heavy atom. The molecule has 23 heavy (non-hydrogen) atoms. The molecule has 0 spiro atoms. The van der Waals surface area contributed by atoms with Gasteiger partial charge < -0.3 is 9.14 Å². The first-order chi connectivity index (χ1) is 11.4. The van der Waals surface area contributed by atoms with Gasteiger partial charge >= 0.3 is 0 Å². The number of hydrogen-bond acceptors (Lipinski definition) is 2. The van der Waals surface area contributed by atoms with Crippen molar-refractivity contribution in [3.05, 3.63) is 66.7 Å². The van der Waals surface area contributed by atoms with Crippen molar-refractivity contribution in [2.75, 3.05) is 0 Å². The number of ether oxygens (including phenoxy) is 1. The number of rotatable bonds is 0. The van der Waals surface area contributed by atoms with Crippen LogP contribution >= 0.6 is 11.8 Å². The zero-order chi connectivity index (χ0) is 15.0. The predicted octanol–water partition coefficient (Wildman–Crippen LogP) is 5.94. The van der Waals surface area contributed by atoms with Crippen LogP contribution in [0.2, 0.25) is 0 Å². The minimum absolute atomic E-state index is 0.948. The Morgan fingerprint density at radius 2 is 1.52 bits per heavy atom. The number of benzene rings is 2. The quantitative estimate of drug-likeness (QED) is 0.344. The molecule has 1 aliphatic heterocycles. The maximum atomic E-state index is 6.27. The molecule has 0 unspecified atom stereocenters. The van der Waals surface area contributed by atoms with Crippen LogP contribution in [-0.2, 0) is 0 Å². The third-order valence-electron chi connectivity index (χ3n) is 4.60. The second kappa shape index (κ2) is 4.00. The summed E-state index contributed by atoms with van der Waals surface area (Å²) in [4.78, 5) is 2.40. The minimum atomic E-state index is 0.948. The van der Waals surface area contributed by atoms with Crippen molar-refractivity contribution in [3.8, 4) is 11.5 Å². The summed E-state index contributed by atoms with van der Waals surface area (Å²) in [5, 5.41) is 2.59. The summed E-state index contributed by atoms with van der Waals surface area (Å²) >= 11 is 1.81. The Morgan fingerprint density at radius 3 is 2.48 bits per heavy atom. The number of hydrogen-bond donors (Lipinski definition) is 0. The Hall–Kier alpha value is -2.65. The van der Waals surface area contributed by atoms with E-state index in [9.17, 15) is 0 Å². The van der Waals surface area contributed by atoms with Crippen molar-refractivity contribution in [1.29, 1.82) is 0 Å². The van der Waals surface area contributed by atoms with Crippen molar-refractivity contribution < 1.29 is 4.74 Å². The van der Waals surface area contributed by atoms with Gasteiger partial charge in [-0.05, 0) is 24.3 Å². The van der Waals surface area contributed by atoms with Gasteiger partial charge in [0.2, 0.25) is 0 Å². The summed E-state index contributed by atoms with van der Waals surface area (Å²) in [6.45, 7) is 0. The Balaban J connectivity index is 1.83. The highest BCUT2D eigenvalue weighted by atomic mass is 32.2. The Labute approximate surface area is 136 Å². The predicted molar refractivity (Wildman–Crippen MR) is 94.2 cm³/mol. The van der Waals surface area contributed by atoms with Gasteiger partial charge in [0.1, 0.15) is 5.75 Å². The molecule has 108 valence electrons. The molecule has 5 aromatic rings. The van der Waals surface area contributed by atoms with Gasteiger partial charge in [-0.15, -0.1) is 0 Å². The fraction of sp³-hybridized carbons (Fsp3) is 0. The Kier molecular flexibility index (Phi) is 2.06. The van der Waals surface area contributed by atoms with Crippen LogP contribution in [0.1, 0.15) is 0 Å². The number of aromatic nitrogens is 1. The van der Waals surface area contributed by atoms with E-state index in [1.54, 1.807) is 0 Å². The van der Waals surface area contributed by atoms with Crippen LogP contribution in [0.15, 0.2) is 76.5 Å². The van der Waals surface area contributed by atoms with Crippen molar-refractivity contribution in [2.45, 2.75) is 9.79 Å². The number of nitrogens with zero attached hydrogens (tertiary/aromatic N) is 1. The normalized spacial score (nSPS) is 13.4. The maximum Gasteiger partial charge on any atom is 0.167 e. The van der Waals surface area contributed by atoms with Crippen LogP contribution in [0.25, 0.3) is 27.3 Å². The smallest absolute Gasteiger partial charge is 0.167 e. The molecule has 0 fully saturated rings. The van der Waals surface area contributed by atoms with Crippen LogP contribution in [-0.4, -0.2) is 4.40 Å². The van der Waals surface area contributed by atoms with Gasteiger partial charge in [0.15, 0.2) is 5.75 Å². The summed E-state index contributed by atoms with van der Waals surface area (Å²) in [6.07, 6.45) is 0. The third-order valence-corrected chi connectivity index (χ3v) is 5.74. The van der Waals surface area contributed by atoms with E-state index >= 15 is 0 Å². The molecule has 3 aromatic heterocycles. The van der Waals surface area contributed by atoms with Crippen LogP contribution < -0.4 is 4.74 Å². The molecule has 2 nitrogen and oxygen atoms in total. The molecule has 0 amide bonds. The number of pyridine rings is 1. The average Bonchev–Trinajstić information content (AvgIpc) is 3.11. The van der Waals surface area contributed by atoms with E-state index < -0.39 is 0 Å². The van der Waals surface area contributed by atoms with Gasteiger partial charge in [-0.2, -0.15) is 0 Å². The van der Waals surface area contributed by atoms with Crippen LogP contribution in [0.5, 0.6) is 11.5 Å². The molecule has 4 heterocycles. The van der Waals surface area contributed by atoms with Crippen molar-refractivity contribution in [1.82, 2.24) is 4.40 Å². The van der Waals surface area contributed by atoms with E-state index in [0.29, 0.717) is 0 Å². The van der Waals surface area contributed by atoms with Crippen LogP contribution in [0, 0.1) is 0 Å². The van der Waals surface area contributed by atoms with Crippen molar-refractivity contribution >= 4 is 39.1 Å². The number of para-hydroxylation sites is 1. The molecule has 1 aliphatic rings. The highest BCUT2D eigenvalue weighted by Crippen LogP contribution is 2.54. The third kappa shape index (κ3) is 1.36. The van der Waals surface area contributed by atoms with Crippen LogP contribution in [0.4, 0.5) is 0 Å². The van der Waals surface area contributed by atoms with E-state index in [1.165, 1.54) is 31.6 Å². The fourth-order valence-corrected chi connectivity index (χ4v) is 4.76. The Bertz CT molecular complexity index is 1220. The molecule has 0 saturated heterocycles. The van der Waals surface area contributed by atoms with Gasteiger partial charge in [-0.1, -0.05) is 54.2 Å². The second-order valence-electron chi connectivity index (χ2n) is 5.83. The molecule has 0 bridgehead atoms. The first-order valence-corrected chi connectivity index (χ1v) is 8.45. The largest absolute Gasteiger partial charge is 0.453 e. The number of fused-ring (bicyclic) bond motifs is 7. The summed E-state index contributed by atoms with van der Waals surface area (Å²) in [6, 6.07) is 23.3. The van der Waals surface area contributed by atoms with E-state index in [4.69, 9.17) is 4.74 Å². The van der Waals surface area contributed by atoms with E-state index in [0.717, 1.165) is 17.0 Å². The molecule has 2 aromatic carbocycles. The lowest BCUT2D eigenvalue weighted by atomic mass is 10.1. The first-order valence-electron chi connectivity index (χ1n) is 7.64. The molecule has 0 atom stereocenters. The average molecular weight is 313 g/mol. The summed E-state index contributed by atoms with van der Waals surface area (Å²) in [5.41, 5.74) is 3.65. The molecule has 3 heteroatoms. The van der Waals surface area contributed by atoms with Gasteiger partial charge in [0.25, 0.3) is 0 Å². The first kappa shape index (κ1) is 11.9. The zero-order valence-corrected chi connectivity index (χ0v) is 12.9. The lowest BCUT2D eigenvalue weighted by Crippen LogP contribution is -1.92.